The van der Waals surface area contributed by atoms with Gasteiger partial charge in [-0.05, 0) is 37.8 Å². The number of aliphatic hydroxyl groups is 1. The van der Waals surface area contributed by atoms with Crippen molar-refractivity contribution in [2.24, 2.45) is 11.7 Å². The highest BCUT2D eigenvalue weighted by Crippen LogP contribution is 2.35. The van der Waals surface area contributed by atoms with E-state index in [0.717, 1.165) is 24.0 Å². The fourth-order valence-electron chi connectivity index (χ4n) is 3.38. The summed E-state index contributed by atoms with van der Waals surface area (Å²) in [5.74, 6) is 0.275. The van der Waals surface area contributed by atoms with E-state index in [0.29, 0.717) is 28.6 Å². The Bertz CT molecular complexity index is 1010. The first kappa shape index (κ1) is 18.2. The number of hydrogen-bond acceptors (Lipinski definition) is 6. The molecule has 8 heteroatoms. The molecule has 0 radical (unpaired) electrons. The van der Waals surface area contributed by atoms with E-state index in [1.54, 1.807) is 23.9 Å². The largest absolute Gasteiger partial charge is 0.481 e. The zero-order valence-electron chi connectivity index (χ0n) is 15.8. The number of rotatable bonds is 7. The number of methoxy groups -OCH3 is 1. The monoisotopic (exact) mass is 381 g/mol. The number of primary amides is 1. The van der Waals surface area contributed by atoms with Crippen molar-refractivity contribution in [2.75, 3.05) is 12.4 Å². The smallest absolute Gasteiger partial charge is 0.252 e. The van der Waals surface area contributed by atoms with Crippen LogP contribution in [0.3, 0.4) is 0 Å². The van der Waals surface area contributed by atoms with Crippen LogP contribution in [0, 0.1) is 5.92 Å². The van der Waals surface area contributed by atoms with Crippen LogP contribution < -0.4 is 15.8 Å². The second-order valence-corrected chi connectivity index (χ2v) is 7.21. The van der Waals surface area contributed by atoms with Crippen LogP contribution in [0.2, 0.25) is 0 Å². The molecule has 1 saturated carbocycles. The Morgan fingerprint density at radius 2 is 2.14 bits per heavy atom. The molecule has 8 nitrogen and oxygen atoms in total. The van der Waals surface area contributed by atoms with E-state index >= 15 is 0 Å². The summed E-state index contributed by atoms with van der Waals surface area (Å²) in [5.41, 5.74) is 8.92. The zero-order valence-corrected chi connectivity index (χ0v) is 15.8. The van der Waals surface area contributed by atoms with E-state index in [1.807, 2.05) is 25.3 Å². The van der Waals surface area contributed by atoms with Gasteiger partial charge in [0.2, 0.25) is 5.88 Å². The molecule has 3 aromatic rings. The van der Waals surface area contributed by atoms with Gasteiger partial charge in [0, 0.05) is 35.6 Å². The number of nitrogens with two attached hydrogens (primary N) is 1. The average Bonchev–Trinajstić information content (AvgIpc) is 3.45. The number of carbonyl (C=O) groups is 1. The van der Waals surface area contributed by atoms with Crippen molar-refractivity contribution < 1.29 is 14.6 Å². The Morgan fingerprint density at radius 3 is 2.75 bits per heavy atom. The zero-order chi connectivity index (χ0) is 19.8. The molecule has 1 amide bonds. The fraction of sp³-hybridized carbons (Fsp3) is 0.350. The van der Waals surface area contributed by atoms with Crippen LogP contribution >= 0.6 is 0 Å². The van der Waals surface area contributed by atoms with Crippen molar-refractivity contribution >= 4 is 17.1 Å². The van der Waals surface area contributed by atoms with E-state index in [-0.39, 0.29) is 6.04 Å². The average molecular weight is 381 g/mol. The summed E-state index contributed by atoms with van der Waals surface area (Å²) in [7, 11) is 1.57. The molecule has 28 heavy (non-hydrogen) atoms. The summed E-state index contributed by atoms with van der Waals surface area (Å²) in [6, 6.07) is 5.38. The maximum atomic E-state index is 12.0. The van der Waals surface area contributed by atoms with Gasteiger partial charge in [-0.1, -0.05) is 0 Å². The van der Waals surface area contributed by atoms with Crippen molar-refractivity contribution in [3.8, 4) is 17.0 Å². The third kappa shape index (κ3) is 3.38. The quantitative estimate of drug-likeness (QED) is 0.577. The maximum absolute atomic E-state index is 12.0. The fourth-order valence-corrected chi connectivity index (χ4v) is 3.38. The summed E-state index contributed by atoms with van der Waals surface area (Å²) in [4.78, 5) is 16.2. The minimum atomic E-state index is -0.570. The van der Waals surface area contributed by atoms with E-state index < -0.39 is 12.0 Å². The number of carbonyl (C=O) groups excluding carboxylic acids is 1. The summed E-state index contributed by atoms with van der Waals surface area (Å²) in [6.45, 7) is 1.90. The summed E-state index contributed by atoms with van der Waals surface area (Å²) >= 11 is 0. The molecule has 0 aromatic carbocycles. The van der Waals surface area contributed by atoms with Gasteiger partial charge in [0.1, 0.15) is 0 Å². The van der Waals surface area contributed by atoms with Gasteiger partial charge in [-0.25, -0.2) is 9.50 Å². The molecular weight excluding hydrogens is 358 g/mol. The molecular formula is C20H23N5O3. The first-order chi connectivity index (χ1) is 13.5. The Hall–Kier alpha value is -3.13. The van der Waals surface area contributed by atoms with Crippen LogP contribution in [-0.2, 0) is 0 Å². The van der Waals surface area contributed by atoms with Crippen LogP contribution in [-0.4, -0.2) is 44.9 Å². The van der Waals surface area contributed by atoms with Gasteiger partial charge in [-0.3, -0.25) is 4.79 Å². The van der Waals surface area contributed by atoms with Gasteiger partial charge in [0.25, 0.3) is 5.91 Å². The number of aromatic nitrogens is 3. The van der Waals surface area contributed by atoms with Crippen molar-refractivity contribution in [1.82, 2.24) is 14.6 Å². The van der Waals surface area contributed by atoms with E-state index in [1.165, 1.54) is 6.20 Å². The molecule has 3 heterocycles. The number of aliphatic hydroxyl groups excluding tert-OH is 1. The maximum Gasteiger partial charge on any atom is 0.252 e. The molecule has 146 valence electrons. The third-order valence-corrected chi connectivity index (χ3v) is 5.17. The summed E-state index contributed by atoms with van der Waals surface area (Å²) < 4.78 is 6.79. The topological polar surface area (TPSA) is 115 Å². The Labute approximate surface area is 162 Å². The second-order valence-electron chi connectivity index (χ2n) is 7.21. The molecule has 2 atom stereocenters. The van der Waals surface area contributed by atoms with Crippen molar-refractivity contribution in [3.63, 3.8) is 0 Å². The lowest BCUT2D eigenvalue weighted by Gasteiger charge is -2.22. The van der Waals surface area contributed by atoms with Gasteiger partial charge in [0.15, 0.2) is 0 Å². The highest BCUT2D eigenvalue weighted by molar-refractivity contribution is 6.02. The Kier molecular flexibility index (Phi) is 4.64. The number of anilines is 1. The van der Waals surface area contributed by atoms with Crippen LogP contribution in [0.5, 0.6) is 5.88 Å². The minimum Gasteiger partial charge on any atom is -0.481 e. The number of fused-ring (bicyclic) bond motifs is 1. The van der Waals surface area contributed by atoms with Gasteiger partial charge < -0.3 is 20.9 Å². The predicted octanol–water partition coefficient (Wildman–Crippen LogP) is 2.08. The number of nitrogens with zero attached hydrogens (tertiary/aromatic N) is 3. The summed E-state index contributed by atoms with van der Waals surface area (Å²) in [5, 5.41) is 18.0. The first-order valence-electron chi connectivity index (χ1n) is 9.24. The number of amides is 1. The van der Waals surface area contributed by atoms with Gasteiger partial charge in [-0.15, -0.1) is 0 Å². The van der Waals surface area contributed by atoms with Gasteiger partial charge in [0.05, 0.1) is 36.2 Å². The first-order valence-corrected chi connectivity index (χ1v) is 9.24. The molecule has 0 aliphatic heterocycles. The second kappa shape index (κ2) is 7.12. The molecule has 0 bridgehead atoms. The number of pyridine rings is 1. The lowest BCUT2D eigenvalue weighted by atomic mass is 10.1. The van der Waals surface area contributed by atoms with Crippen LogP contribution in [0.1, 0.15) is 30.1 Å². The van der Waals surface area contributed by atoms with Crippen LogP contribution in [0.4, 0.5) is 5.69 Å². The molecule has 4 N–H and O–H groups in total. The number of ether oxygens (including phenoxy) is 1. The highest BCUT2D eigenvalue weighted by atomic mass is 16.5. The highest BCUT2D eigenvalue weighted by Gasteiger charge is 2.34. The lowest BCUT2D eigenvalue weighted by Crippen LogP contribution is -2.33. The SMILES string of the molecule is COc1ccc(-c2cc3c(N[C@H](C)C(O)C4CC4)c(C(N)=O)cnn3c2)cn1. The molecule has 1 fully saturated rings. The number of nitrogens with one attached hydrogen (secondary N) is 1. The van der Waals surface area contributed by atoms with E-state index in [9.17, 15) is 9.90 Å². The van der Waals surface area contributed by atoms with Crippen LogP contribution in [0.15, 0.2) is 36.8 Å². The summed E-state index contributed by atoms with van der Waals surface area (Å²) in [6.07, 6.45) is 6.60. The van der Waals surface area contributed by atoms with Gasteiger partial charge >= 0.3 is 0 Å². The standard InChI is InChI=1S/C20H23N5O3/c1-11(19(26)12-3-4-12)24-18-15(20(21)27)9-23-25-10-14(7-16(18)25)13-5-6-17(28-2)22-8-13/h5-12,19,24,26H,3-4H2,1-2H3,(H2,21,27)/t11-,19?/m1/s1. The predicted molar refractivity (Wildman–Crippen MR) is 105 cm³/mol. The number of hydrogen-bond donors (Lipinski definition) is 3. The minimum absolute atomic E-state index is 0.224. The lowest BCUT2D eigenvalue weighted by molar-refractivity contribution is 0.1000. The van der Waals surface area contributed by atoms with Crippen LogP contribution in [0.25, 0.3) is 16.6 Å². The molecule has 1 aliphatic carbocycles. The Balaban J connectivity index is 1.75. The molecule has 4 rings (SSSR count). The normalized spacial score (nSPS) is 16.0. The van der Waals surface area contributed by atoms with E-state index in [2.05, 4.69) is 15.4 Å². The van der Waals surface area contributed by atoms with Gasteiger partial charge in [-0.2, -0.15) is 5.10 Å². The third-order valence-electron chi connectivity index (χ3n) is 5.17. The molecule has 0 spiro atoms. The van der Waals surface area contributed by atoms with Crippen molar-refractivity contribution in [2.45, 2.75) is 31.9 Å². The molecule has 0 saturated heterocycles. The Morgan fingerprint density at radius 1 is 1.36 bits per heavy atom. The van der Waals surface area contributed by atoms with Crippen molar-refractivity contribution in [3.05, 3.63) is 42.4 Å². The molecule has 1 aliphatic rings. The molecule has 3 aromatic heterocycles. The molecule has 1 unspecified atom stereocenters. The van der Waals surface area contributed by atoms with E-state index in [4.69, 9.17) is 10.5 Å². The van der Waals surface area contributed by atoms with Crippen molar-refractivity contribution in [1.29, 1.82) is 0 Å².